The average Bonchev–Trinajstić information content (AvgIpc) is 3.04. The lowest BCUT2D eigenvalue weighted by Crippen LogP contribution is -2.56. The molecule has 0 bridgehead atoms. The molecular formula is C14H16NO4+. The molecule has 1 saturated carbocycles. The molecule has 0 amide bonds. The van der Waals surface area contributed by atoms with E-state index in [0.717, 1.165) is 23.3 Å². The van der Waals surface area contributed by atoms with E-state index < -0.39 is 5.97 Å². The fourth-order valence-corrected chi connectivity index (χ4v) is 2.87. The maximum absolute atomic E-state index is 11.1. The third-order valence-electron chi connectivity index (χ3n) is 3.85. The molecule has 1 fully saturated rings. The lowest BCUT2D eigenvalue weighted by atomic mass is 9.98. The Bertz CT molecular complexity index is 579. The van der Waals surface area contributed by atoms with Gasteiger partial charge in [-0.05, 0) is 26.3 Å². The molecule has 5 nitrogen and oxygen atoms in total. The number of carbonyl (C=O) groups is 1. The number of carboxylic acids is 1. The molecule has 1 aromatic carbocycles. The van der Waals surface area contributed by atoms with Crippen molar-refractivity contribution in [1.29, 1.82) is 0 Å². The number of ether oxygens (including phenoxy) is 1. The Labute approximate surface area is 110 Å². The van der Waals surface area contributed by atoms with Crippen molar-refractivity contribution in [1.82, 2.24) is 0 Å². The Balaban J connectivity index is 1.99. The van der Waals surface area contributed by atoms with E-state index in [1.807, 2.05) is 25.1 Å². The first kappa shape index (κ1) is 12.1. The first-order valence-corrected chi connectivity index (χ1v) is 6.38. The van der Waals surface area contributed by atoms with E-state index in [9.17, 15) is 9.70 Å². The molecule has 2 N–H and O–H groups in total. The van der Waals surface area contributed by atoms with E-state index >= 15 is 0 Å². The van der Waals surface area contributed by atoms with E-state index in [0.29, 0.717) is 12.1 Å². The van der Waals surface area contributed by atoms with Crippen LogP contribution in [0.2, 0.25) is 0 Å². The minimum Gasteiger partial charge on any atom is -0.487 e. The normalized spacial score (nSPS) is 26.4. The molecule has 3 rings (SSSR count). The summed E-state index contributed by atoms with van der Waals surface area (Å²) < 4.78 is 5.83. The molecule has 2 aliphatic rings. The topological polar surface area (TPSA) is 77.6 Å². The summed E-state index contributed by atoms with van der Waals surface area (Å²) in [6.45, 7) is 3.99. The van der Waals surface area contributed by atoms with Crippen LogP contribution in [0.3, 0.4) is 0 Å². The van der Waals surface area contributed by atoms with Crippen LogP contribution in [0.1, 0.15) is 37.3 Å². The highest BCUT2D eigenvalue weighted by Gasteiger charge is 2.47. The Morgan fingerprint density at radius 1 is 1.47 bits per heavy atom. The zero-order valence-corrected chi connectivity index (χ0v) is 10.9. The Morgan fingerprint density at radius 3 is 2.79 bits per heavy atom. The maximum atomic E-state index is 11.1. The summed E-state index contributed by atoms with van der Waals surface area (Å²) in [6, 6.07) is 3.63. The van der Waals surface area contributed by atoms with Gasteiger partial charge in [-0.25, -0.2) is 0 Å². The van der Waals surface area contributed by atoms with Gasteiger partial charge >= 0.3 is 5.97 Å². The van der Waals surface area contributed by atoms with Crippen molar-refractivity contribution < 1.29 is 19.8 Å². The predicted octanol–water partition coefficient (Wildman–Crippen LogP) is 1.07. The first-order valence-electron chi connectivity index (χ1n) is 6.38. The summed E-state index contributed by atoms with van der Waals surface area (Å²) >= 11 is 0. The standard InChI is InChI=1S/C14H15NO4/c1-14(2)6-7-3-11(15-18)9(5-12(7)19-14)8-4-10(8)13(16)17/h3,5,8,10H,4,6H2,1-2H3,(H,16,17)/p+1/t8-,10+/m0/s1. The highest BCUT2D eigenvalue weighted by atomic mass is 16.5. The van der Waals surface area contributed by atoms with E-state index in [1.165, 1.54) is 0 Å². The molecule has 2 atom stereocenters. The minimum absolute atomic E-state index is 0.0773. The zero-order chi connectivity index (χ0) is 13.8. The molecule has 0 saturated heterocycles. The van der Waals surface area contributed by atoms with Crippen LogP contribution < -0.4 is 9.91 Å². The summed E-state index contributed by atoms with van der Waals surface area (Å²) in [7, 11) is 0. The van der Waals surface area contributed by atoms with E-state index in [-0.39, 0.29) is 17.4 Å². The second-order valence-electron chi connectivity index (χ2n) is 5.97. The first-order chi connectivity index (χ1) is 8.91. The number of aliphatic carboxylic acids is 1. The molecule has 1 aliphatic heterocycles. The Morgan fingerprint density at radius 2 is 2.21 bits per heavy atom. The van der Waals surface area contributed by atoms with Crippen LogP contribution in [0.4, 0.5) is 5.69 Å². The van der Waals surface area contributed by atoms with Gasteiger partial charge in [0.25, 0.3) is 5.69 Å². The summed E-state index contributed by atoms with van der Waals surface area (Å²) in [4.78, 5) is 22.0. The highest BCUT2D eigenvalue weighted by molar-refractivity contribution is 5.76. The van der Waals surface area contributed by atoms with Crippen LogP contribution in [-0.2, 0) is 11.2 Å². The third kappa shape index (κ3) is 1.99. The number of fused-ring (bicyclic) bond motifs is 1. The van der Waals surface area contributed by atoms with Crippen LogP contribution in [0.15, 0.2) is 12.1 Å². The van der Waals surface area contributed by atoms with Gasteiger partial charge in [-0.1, -0.05) is 0 Å². The van der Waals surface area contributed by atoms with Crippen LogP contribution in [0.25, 0.3) is 0 Å². The van der Waals surface area contributed by atoms with Gasteiger partial charge in [0.2, 0.25) is 0 Å². The lowest BCUT2D eigenvalue weighted by molar-refractivity contribution is -0.380. The van der Waals surface area contributed by atoms with Crippen LogP contribution in [0, 0.1) is 10.8 Å². The van der Waals surface area contributed by atoms with Gasteiger partial charge in [-0.2, -0.15) is 0 Å². The number of hydrogen-bond acceptors (Lipinski definition) is 3. The number of benzene rings is 1. The molecule has 0 radical (unpaired) electrons. The molecule has 0 aromatic heterocycles. The summed E-state index contributed by atoms with van der Waals surface area (Å²) in [5.74, 6) is -0.482. The van der Waals surface area contributed by atoms with E-state index in [1.54, 1.807) is 6.07 Å². The summed E-state index contributed by atoms with van der Waals surface area (Å²) in [5, 5.41) is 10.9. The fourth-order valence-electron chi connectivity index (χ4n) is 2.87. The molecule has 1 heterocycles. The zero-order valence-electron chi connectivity index (χ0n) is 10.9. The molecule has 19 heavy (non-hydrogen) atoms. The smallest absolute Gasteiger partial charge is 0.307 e. The molecule has 100 valence electrons. The highest BCUT2D eigenvalue weighted by Crippen LogP contribution is 2.51. The molecule has 0 unspecified atom stereocenters. The van der Waals surface area contributed by atoms with Crippen molar-refractivity contribution in [3.05, 3.63) is 28.2 Å². The van der Waals surface area contributed by atoms with Crippen LogP contribution in [0.5, 0.6) is 5.75 Å². The minimum atomic E-state index is -0.802. The van der Waals surface area contributed by atoms with Crippen molar-refractivity contribution in [3.8, 4) is 5.75 Å². The number of hydrogen-bond donors (Lipinski definition) is 2. The molecule has 0 spiro atoms. The second kappa shape index (κ2) is 3.79. The fraction of sp³-hybridized carbons (Fsp3) is 0.500. The quantitative estimate of drug-likeness (QED) is 0.854. The number of nitroso groups, excluding NO2 is 1. The lowest BCUT2D eigenvalue weighted by Gasteiger charge is -2.16. The van der Waals surface area contributed by atoms with Gasteiger partial charge in [-0.3, -0.25) is 4.79 Å². The Kier molecular flexibility index (Phi) is 2.42. The van der Waals surface area contributed by atoms with Gasteiger partial charge in [0, 0.05) is 39.6 Å². The SMILES string of the molecule is CC1(C)Cc2cc([NH+]=O)c([C@@H]3C[C@H]3C(=O)O)cc2O1. The van der Waals surface area contributed by atoms with E-state index in [2.05, 4.69) is 0 Å². The second-order valence-corrected chi connectivity index (χ2v) is 5.97. The van der Waals surface area contributed by atoms with Gasteiger partial charge in [0.05, 0.1) is 5.92 Å². The van der Waals surface area contributed by atoms with Gasteiger partial charge in [0.1, 0.15) is 11.4 Å². The molecule has 1 aromatic rings. The van der Waals surface area contributed by atoms with Crippen molar-refractivity contribution in [2.45, 2.75) is 38.2 Å². The molecular weight excluding hydrogens is 246 g/mol. The predicted molar refractivity (Wildman–Crippen MR) is 67.3 cm³/mol. The molecule has 1 aliphatic carbocycles. The van der Waals surface area contributed by atoms with Crippen LogP contribution in [-0.4, -0.2) is 16.7 Å². The Hall–Kier alpha value is -1.91. The monoisotopic (exact) mass is 262 g/mol. The van der Waals surface area contributed by atoms with Crippen molar-refractivity contribution in [2.75, 3.05) is 0 Å². The van der Waals surface area contributed by atoms with Gasteiger partial charge < -0.3 is 9.84 Å². The van der Waals surface area contributed by atoms with Gasteiger partial charge in [0.15, 0.2) is 0 Å². The van der Waals surface area contributed by atoms with Crippen molar-refractivity contribution in [3.63, 3.8) is 0 Å². The van der Waals surface area contributed by atoms with Crippen LogP contribution >= 0.6 is 0 Å². The number of carboxylic acid groups (broad SMARTS) is 1. The van der Waals surface area contributed by atoms with Crippen molar-refractivity contribution in [2.24, 2.45) is 5.92 Å². The number of rotatable bonds is 3. The van der Waals surface area contributed by atoms with Gasteiger partial charge in [-0.15, -0.1) is 0 Å². The summed E-state index contributed by atoms with van der Waals surface area (Å²) in [6.07, 6.45) is 1.34. The molecule has 5 heteroatoms. The van der Waals surface area contributed by atoms with Crippen molar-refractivity contribution >= 4 is 11.7 Å². The average molecular weight is 262 g/mol. The number of nitrogens with one attached hydrogen (secondary N) is 1. The summed E-state index contributed by atoms with van der Waals surface area (Å²) in [5.41, 5.74) is 1.98. The largest absolute Gasteiger partial charge is 0.487 e. The van der Waals surface area contributed by atoms with E-state index in [4.69, 9.17) is 9.84 Å². The maximum Gasteiger partial charge on any atom is 0.307 e. The third-order valence-corrected chi connectivity index (χ3v) is 3.85.